The number of aryl methyl sites for hydroxylation is 1. The average Bonchev–Trinajstić information content (AvgIpc) is 2.51. The molecule has 0 aromatic carbocycles. The minimum absolute atomic E-state index is 0.00120. The number of hydrogen-bond donors (Lipinski definition) is 1. The highest BCUT2D eigenvalue weighted by Gasteiger charge is 2.17. The molecule has 1 aromatic rings. The molecule has 1 heterocycles. The summed E-state index contributed by atoms with van der Waals surface area (Å²) >= 11 is 0. The first-order valence-corrected chi connectivity index (χ1v) is 4.65. The Morgan fingerprint density at radius 3 is 2.71 bits per heavy atom. The molecule has 1 atom stereocenters. The fourth-order valence-corrected chi connectivity index (χ4v) is 1.10. The number of rotatable bonds is 4. The van der Waals surface area contributed by atoms with Crippen LogP contribution in [-0.4, -0.2) is 26.8 Å². The molecular formula is C9H16N4O. The van der Waals surface area contributed by atoms with Gasteiger partial charge in [0, 0.05) is 19.5 Å². The molecule has 0 aliphatic rings. The van der Waals surface area contributed by atoms with Gasteiger partial charge in [-0.15, -0.1) is 5.10 Å². The number of nitrogens with zero attached hydrogens (tertiary/aromatic N) is 3. The van der Waals surface area contributed by atoms with E-state index in [9.17, 15) is 4.79 Å². The zero-order valence-electron chi connectivity index (χ0n) is 8.77. The molecule has 2 N–H and O–H groups in total. The average molecular weight is 196 g/mol. The molecule has 0 aliphatic carbocycles. The van der Waals surface area contributed by atoms with E-state index in [1.807, 2.05) is 13.8 Å². The van der Waals surface area contributed by atoms with Crippen molar-refractivity contribution in [3.05, 3.63) is 11.9 Å². The lowest BCUT2D eigenvalue weighted by Crippen LogP contribution is -2.29. The smallest absolute Gasteiger partial charge is 0.184 e. The van der Waals surface area contributed by atoms with Crippen LogP contribution >= 0.6 is 0 Å². The van der Waals surface area contributed by atoms with Crippen LogP contribution < -0.4 is 5.73 Å². The van der Waals surface area contributed by atoms with E-state index in [1.54, 1.807) is 7.05 Å². The third-order valence-electron chi connectivity index (χ3n) is 2.28. The zero-order chi connectivity index (χ0) is 10.7. The Hall–Kier alpha value is -1.23. The van der Waals surface area contributed by atoms with Crippen LogP contribution in [0.3, 0.4) is 0 Å². The molecule has 0 spiro atoms. The van der Waals surface area contributed by atoms with Gasteiger partial charge < -0.3 is 5.73 Å². The first-order valence-electron chi connectivity index (χ1n) is 4.65. The Balaban J connectivity index is 2.64. The van der Waals surface area contributed by atoms with E-state index in [1.165, 1.54) is 10.9 Å². The summed E-state index contributed by atoms with van der Waals surface area (Å²) < 4.78 is 1.47. The summed E-state index contributed by atoms with van der Waals surface area (Å²) in [5.41, 5.74) is 6.32. The Morgan fingerprint density at radius 1 is 1.64 bits per heavy atom. The summed E-state index contributed by atoms with van der Waals surface area (Å²) in [5, 5.41) is 7.34. The predicted octanol–water partition coefficient (Wildman–Crippen LogP) is 0.371. The van der Waals surface area contributed by atoms with Crippen LogP contribution in [-0.2, 0) is 7.05 Å². The number of nitrogens with two attached hydrogens (primary N) is 1. The van der Waals surface area contributed by atoms with Crippen molar-refractivity contribution in [1.82, 2.24) is 15.0 Å². The summed E-state index contributed by atoms with van der Waals surface area (Å²) in [5.74, 6) is 0.304. The van der Waals surface area contributed by atoms with Gasteiger partial charge in [0.25, 0.3) is 0 Å². The van der Waals surface area contributed by atoms with Crippen molar-refractivity contribution >= 4 is 5.78 Å². The molecule has 0 bridgehead atoms. The second-order valence-electron chi connectivity index (χ2n) is 3.78. The Morgan fingerprint density at radius 2 is 2.29 bits per heavy atom. The van der Waals surface area contributed by atoms with Crippen molar-refractivity contribution in [2.24, 2.45) is 18.7 Å². The highest BCUT2D eigenvalue weighted by molar-refractivity contribution is 5.94. The number of aromatic nitrogens is 3. The molecule has 0 amide bonds. The van der Waals surface area contributed by atoms with E-state index >= 15 is 0 Å². The van der Waals surface area contributed by atoms with Gasteiger partial charge in [0.05, 0.1) is 6.20 Å². The molecule has 0 saturated carbocycles. The van der Waals surface area contributed by atoms with Crippen LogP contribution in [0.1, 0.15) is 30.8 Å². The highest BCUT2D eigenvalue weighted by Crippen LogP contribution is 2.07. The summed E-state index contributed by atoms with van der Waals surface area (Å²) in [6.45, 7) is 4.00. The number of hydrogen-bond acceptors (Lipinski definition) is 4. The number of ketones is 1. The largest absolute Gasteiger partial charge is 0.327 e. The maximum Gasteiger partial charge on any atom is 0.184 e. The van der Waals surface area contributed by atoms with Crippen LogP contribution in [0.4, 0.5) is 0 Å². The lowest BCUT2D eigenvalue weighted by Gasteiger charge is -2.13. The quantitative estimate of drug-likeness (QED) is 0.706. The van der Waals surface area contributed by atoms with Crippen molar-refractivity contribution in [2.75, 3.05) is 0 Å². The van der Waals surface area contributed by atoms with Gasteiger partial charge in [0.2, 0.25) is 0 Å². The second kappa shape index (κ2) is 4.32. The molecule has 78 valence electrons. The van der Waals surface area contributed by atoms with Crippen molar-refractivity contribution in [1.29, 1.82) is 0 Å². The monoisotopic (exact) mass is 196 g/mol. The van der Waals surface area contributed by atoms with E-state index in [0.29, 0.717) is 18.0 Å². The minimum Gasteiger partial charge on any atom is -0.327 e. The van der Waals surface area contributed by atoms with Crippen LogP contribution in [0.2, 0.25) is 0 Å². The molecule has 0 fully saturated rings. The first-order chi connectivity index (χ1) is 6.52. The van der Waals surface area contributed by atoms with Crippen molar-refractivity contribution < 1.29 is 4.79 Å². The van der Waals surface area contributed by atoms with Crippen LogP contribution in [0.5, 0.6) is 0 Å². The van der Waals surface area contributed by atoms with Gasteiger partial charge in [0.15, 0.2) is 5.78 Å². The van der Waals surface area contributed by atoms with Crippen molar-refractivity contribution in [2.45, 2.75) is 26.3 Å². The van der Waals surface area contributed by atoms with E-state index in [4.69, 9.17) is 5.73 Å². The zero-order valence-corrected chi connectivity index (χ0v) is 8.77. The third-order valence-corrected chi connectivity index (χ3v) is 2.28. The fourth-order valence-electron chi connectivity index (χ4n) is 1.10. The molecule has 0 radical (unpaired) electrons. The minimum atomic E-state index is -0.0996. The standard InChI is InChI=1S/C9H16N4O/c1-6(2)7(10)4-9(14)8-5-11-12-13(8)3/h5-7H,4,10H2,1-3H3. The van der Waals surface area contributed by atoms with Crippen LogP contribution in [0, 0.1) is 5.92 Å². The summed E-state index contributed by atoms with van der Waals surface area (Å²) in [6, 6.07) is -0.0996. The van der Waals surface area contributed by atoms with Gasteiger partial charge in [-0.05, 0) is 5.92 Å². The molecule has 1 rings (SSSR count). The van der Waals surface area contributed by atoms with Gasteiger partial charge in [0.1, 0.15) is 5.69 Å². The fraction of sp³-hybridized carbons (Fsp3) is 0.667. The molecular weight excluding hydrogens is 180 g/mol. The van der Waals surface area contributed by atoms with Crippen molar-refractivity contribution in [3.8, 4) is 0 Å². The topological polar surface area (TPSA) is 73.8 Å². The molecule has 1 unspecified atom stereocenters. The molecule has 14 heavy (non-hydrogen) atoms. The predicted molar refractivity (Wildman–Crippen MR) is 52.8 cm³/mol. The molecule has 5 nitrogen and oxygen atoms in total. The lowest BCUT2D eigenvalue weighted by molar-refractivity contribution is 0.0958. The Bertz CT molecular complexity index is 318. The van der Waals surface area contributed by atoms with E-state index in [2.05, 4.69) is 10.3 Å². The van der Waals surface area contributed by atoms with Crippen LogP contribution in [0.25, 0.3) is 0 Å². The van der Waals surface area contributed by atoms with Gasteiger partial charge in [-0.25, -0.2) is 4.68 Å². The summed E-state index contributed by atoms with van der Waals surface area (Å²) in [6.07, 6.45) is 1.81. The summed E-state index contributed by atoms with van der Waals surface area (Å²) in [7, 11) is 1.70. The van der Waals surface area contributed by atoms with Crippen LogP contribution in [0.15, 0.2) is 6.20 Å². The number of carbonyl (C=O) groups is 1. The Kier molecular flexibility index (Phi) is 3.35. The Labute approximate surface area is 83.3 Å². The normalized spacial score (nSPS) is 13.2. The van der Waals surface area contributed by atoms with Gasteiger partial charge in [-0.1, -0.05) is 19.1 Å². The lowest BCUT2D eigenvalue weighted by atomic mass is 9.99. The third kappa shape index (κ3) is 2.38. The number of carbonyl (C=O) groups excluding carboxylic acids is 1. The first kappa shape index (κ1) is 10.8. The molecule has 0 saturated heterocycles. The molecule has 1 aromatic heterocycles. The van der Waals surface area contributed by atoms with E-state index in [-0.39, 0.29) is 11.8 Å². The maximum absolute atomic E-state index is 11.7. The molecule has 5 heteroatoms. The van der Waals surface area contributed by atoms with Crippen molar-refractivity contribution in [3.63, 3.8) is 0 Å². The van der Waals surface area contributed by atoms with E-state index in [0.717, 1.165) is 0 Å². The maximum atomic E-state index is 11.7. The second-order valence-corrected chi connectivity index (χ2v) is 3.78. The SMILES string of the molecule is CC(C)C(N)CC(=O)c1cnnn1C. The molecule has 0 aliphatic heterocycles. The number of Topliss-reactive ketones (excluding diaryl/α,β-unsaturated/α-hetero) is 1. The van der Waals surface area contributed by atoms with E-state index < -0.39 is 0 Å². The van der Waals surface area contributed by atoms with Gasteiger partial charge in [-0.3, -0.25) is 4.79 Å². The van der Waals surface area contributed by atoms with Gasteiger partial charge >= 0.3 is 0 Å². The van der Waals surface area contributed by atoms with Gasteiger partial charge in [-0.2, -0.15) is 0 Å². The highest BCUT2D eigenvalue weighted by atomic mass is 16.1. The summed E-state index contributed by atoms with van der Waals surface area (Å²) in [4.78, 5) is 11.7.